The van der Waals surface area contributed by atoms with E-state index >= 15 is 0 Å². The van der Waals surface area contributed by atoms with E-state index in [4.69, 9.17) is 0 Å². The standard InChI is InChI=1S/C23H28N8O4/c1-11(2)13-8-17(30-29-13)26-21-19-15(32)9-16(33)20(19)27-23(28-21)31-7-3-4-14(31)22(35)25-12-5-6-18(34)24-10-12/h5-6,8,10-11,14-16,32-33H,3-4,7,9H2,1-2H3,(H,24,34)(H,25,35)(H2,26,27,28,29,30)/t14?,15-,16+/m0/s1. The lowest BCUT2D eigenvalue weighted by molar-refractivity contribution is -0.117. The van der Waals surface area contributed by atoms with Gasteiger partial charge in [0, 0.05) is 42.6 Å². The fraction of sp³-hybridized carbons (Fsp3) is 0.435. The predicted molar refractivity (Wildman–Crippen MR) is 129 cm³/mol. The SMILES string of the molecule is CC(C)c1cc(Nc2nc(N3CCCC3C(=O)Nc3ccc(=O)[nH]c3)nc3c2[C@@H](O)C[C@H]3O)n[nH]1. The van der Waals surface area contributed by atoms with Gasteiger partial charge < -0.3 is 30.7 Å². The normalized spacial score (nSPS) is 21.4. The number of aliphatic hydroxyl groups is 2. The molecule has 184 valence electrons. The molecule has 3 atom stereocenters. The van der Waals surface area contributed by atoms with Crippen molar-refractivity contribution in [3.8, 4) is 0 Å². The molecular weight excluding hydrogens is 452 g/mol. The number of carbonyl (C=O) groups is 1. The number of amides is 1. The molecule has 1 saturated heterocycles. The first-order valence-electron chi connectivity index (χ1n) is 11.7. The summed E-state index contributed by atoms with van der Waals surface area (Å²) >= 11 is 0. The van der Waals surface area contributed by atoms with Crippen LogP contribution in [0.2, 0.25) is 0 Å². The number of nitrogens with zero attached hydrogens (tertiary/aromatic N) is 4. The summed E-state index contributed by atoms with van der Waals surface area (Å²) in [4.78, 5) is 37.9. The number of hydrogen-bond acceptors (Lipinski definition) is 9. The molecule has 4 heterocycles. The third kappa shape index (κ3) is 4.49. The number of anilines is 4. The Hall–Kier alpha value is -3.77. The Morgan fingerprint density at radius 2 is 2.06 bits per heavy atom. The van der Waals surface area contributed by atoms with Crippen molar-refractivity contribution >= 4 is 29.2 Å². The van der Waals surface area contributed by atoms with E-state index in [1.807, 2.05) is 19.9 Å². The number of hydrogen-bond donors (Lipinski definition) is 6. The lowest BCUT2D eigenvalue weighted by atomic mass is 10.1. The lowest BCUT2D eigenvalue weighted by Gasteiger charge is -2.25. The van der Waals surface area contributed by atoms with E-state index in [1.165, 1.54) is 18.3 Å². The van der Waals surface area contributed by atoms with Gasteiger partial charge in [0.15, 0.2) is 5.82 Å². The van der Waals surface area contributed by atoms with Crippen LogP contribution in [0.1, 0.15) is 68.2 Å². The van der Waals surface area contributed by atoms with Crippen molar-refractivity contribution in [2.24, 2.45) is 0 Å². The molecule has 35 heavy (non-hydrogen) atoms. The highest BCUT2D eigenvalue weighted by Gasteiger charge is 2.38. The van der Waals surface area contributed by atoms with Crippen LogP contribution in [0.5, 0.6) is 0 Å². The summed E-state index contributed by atoms with van der Waals surface area (Å²) in [5, 5.41) is 34.4. The van der Waals surface area contributed by atoms with E-state index in [1.54, 1.807) is 4.90 Å². The zero-order valence-electron chi connectivity index (χ0n) is 19.4. The maximum absolute atomic E-state index is 13.1. The first-order chi connectivity index (χ1) is 16.8. The molecular formula is C23H28N8O4. The maximum atomic E-state index is 13.1. The number of aromatic nitrogens is 5. The second-order valence-electron chi connectivity index (χ2n) is 9.21. The van der Waals surface area contributed by atoms with E-state index < -0.39 is 18.2 Å². The highest BCUT2D eigenvalue weighted by atomic mass is 16.3. The van der Waals surface area contributed by atoms with Crippen molar-refractivity contribution in [2.45, 2.75) is 57.3 Å². The number of fused-ring (bicyclic) bond motifs is 1. The van der Waals surface area contributed by atoms with E-state index in [9.17, 15) is 19.8 Å². The van der Waals surface area contributed by atoms with Gasteiger partial charge in [0.05, 0.1) is 23.6 Å². The molecule has 0 saturated carbocycles. The van der Waals surface area contributed by atoms with Crippen LogP contribution < -0.4 is 21.1 Å². The third-order valence-corrected chi connectivity index (χ3v) is 6.39. The Kier molecular flexibility index (Phi) is 5.99. The van der Waals surface area contributed by atoms with Crippen molar-refractivity contribution in [3.05, 3.63) is 51.7 Å². The molecule has 1 aliphatic carbocycles. The second kappa shape index (κ2) is 9.12. The van der Waals surface area contributed by atoms with Crippen molar-refractivity contribution in [2.75, 3.05) is 22.1 Å². The van der Waals surface area contributed by atoms with Gasteiger partial charge in [-0.15, -0.1) is 0 Å². The molecule has 5 rings (SSSR count). The fourth-order valence-electron chi connectivity index (χ4n) is 4.53. The molecule has 3 aromatic heterocycles. The zero-order valence-corrected chi connectivity index (χ0v) is 19.4. The van der Waals surface area contributed by atoms with Gasteiger partial charge in [-0.3, -0.25) is 14.7 Å². The number of nitrogens with one attached hydrogen (secondary N) is 4. The van der Waals surface area contributed by atoms with Gasteiger partial charge in [-0.1, -0.05) is 13.8 Å². The van der Waals surface area contributed by atoms with Gasteiger partial charge in [-0.2, -0.15) is 10.1 Å². The van der Waals surface area contributed by atoms with Crippen LogP contribution in [0.25, 0.3) is 0 Å². The minimum atomic E-state index is -0.941. The van der Waals surface area contributed by atoms with Crippen molar-refractivity contribution in [3.63, 3.8) is 0 Å². The van der Waals surface area contributed by atoms with E-state index in [2.05, 4.69) is 35.8 Å². The first kappa shape index (κ1) is 23.0. The van der Waals surface area contributed by atoms with Gasteiger partial charge in [0.25, 0.3) is 0 Å². The minimum Gasteiger partial charge on any atom is -0.388 e. The first-order valence-corrected chi connectivity index (χ1v) is 11.7. The lowest BCUT2D eigenvalue weighted by Crippen LogP contribution is -2.41. The monoisotopic (exact) mass is 480 g/mol. The quantitative estimate of drug-likeness (QED) is 0.308. The predicted octanol–water partition coefficient (Wildman–Crippen LogP) is 1.83. The summed E-state index contributed by atoms with van der Waals surface area (Å²) in [5.74, 6) is 1.18. The van der Waals surface area contributed by atoms with Crippen molar-refractivity contribution in [1.82, 2.24) is 25.1 Å². The summed E-state index contributed by atoms with van der Waals surface area (Å²) in [7, 11) is 0. The van der Waals surface area contributed by atoms with Crippen molar-refractivity contribution < 1.29 is 15.0 Å². The molecule has 0 aromatic carbocycles. The molecule has 2 aliphatic rings. The topological polar surface area (TPSA) is 172 Å². The highest BCUT2D eigenvalue weighted by molar-refractivity contribution is 5.96. The number of rotatable bonds is 6. The van der Waals surface area contributed by atoms with Crippen LogP contribution in [-0.4, -0.2) is 53.9 Å². The molecule has 1 fully saturated rings. The molecule has 1 amide bonds. The Labute approximate surface area is 200 Å². The Balaban J connectivity index is 1.46. The summed E-state index contributed by atoms with van der Waals surface area (Å²) in [6, 6.07) is 4.22. The number of aliphatic hydroxyl groups excluding tert-OH is 2. The third-order valence-electron chi connectivity index (χ3n) is 6.39. The number of carbonyl (C=O) groups excluding carboxylic acids is 1. The fourth-order valence-corrected chi connectivity index (χ4v) is 4.53. The average molecular weight is 481 g/mol. The van der Waals surface area contributed by atoms with E-state index in [0.29, 0.717) is 41.5 Å². The molecule has 1 unspecified atom stereocenters. The Morgan fingerprint density at radius 3 is 2.77 bits per heavy atom. The van der Waals surface area contributed by atoms with Crippen molar-refractivity contribution in [1.29, 1.82) is 0 Å². The Morgan fingerprint density at radius 1 is 1.23 bits per heavy atom. The van der Waals surface area contributed by atoms with Crippen LogP contribution in [0, 0.1) is 0 Å². The van der Waals surface area contributed by atoms with Gasteiger partial charge >= 0.3 is 0 Å². The van der Waals surface area contributed by atoms with Gasteiger partial charge in [0.2, 0.25) is 17.4 Å². The average Bonchev–Trinajstić information content (AvgIpc) is 3.55. The summed E-state index contributed by atoms with van der Waals surface area (Å²) < 4.78 is 0. The van der Waals surface area contributed by atoms with E-state index in [0.717, 1.165) is 12.1 Å². The molecule has 3 aromatic rings. The molecule has 12 heteroatoms. The smallest absolute Gasteiger partial charge is 0.248 e. The molecule has 6 N–H and O–H groups in total. The molecule has 0 spiro atoms. The second-order valence-corrected chi connectivity index (χ2v) is 9.21. The van der Waals surface area contributed by atoms with Crippen LogP contribution in [0.3, 0.4) is 0 Å². The number of pyridine rings is 1. The Bertz CT molecular complexity index is 1280. The summed E-state index contributed by atoms with van der Waals surface area (Å²) in [5.41, 5.74) is 1.95. The van der Waals surface area contributed by atoms with Gasteiger partial charge in [-0.05, 0) is 24.8 Å². The summed E-state index contributed by atoms with van der Waals surface area (Å²) in [6.07, 6.45) is 1.06. The molecule has 0 bridgehead atoms. The largest absolute Gasteiger partial charge is 0.388 e. The highest BCUT2D eigenvalue weighted by Crippen LogP contribution is 2.43. The van der Waals surface area contributed by atoms with Gasteiger partial charge in [0.1, 0.15) is 11.9 Å². The number of aromatic amines is 2. The molecule has 1 aliphatic heterocycles. The van der Waals surface area contributed by atoms with Crippen LogP contribution in [0.4, 0.5) is 23.3 Å². The summed E-state index contributed by atoms with van der Waals surface area (Å²) in [6.45, 7) is 4.65. The minimum absolute atomic E-state index is 0.121. The van der Waals surface area contributed by atoms with Crippen LogP contribution in [0.15, 0.2) is 29.2 Å². The van der Waals surface area contributed by atoms with Crippen LogP contribution in [-0.2, 0) is 4.79 Å². The molecule has 0 radical (unpaired) electrons. The van der Waals surface area contributed by atoms with E-state index in [-0.39, 0.29) is 29.8 Å². The number of H-pyrrole nitrogens is 2. The van der Waals surface area contributed by atoms with Gasteiger partial charge in [-0.25, -0.2) is 4.98 Å². The maximum Gasteiger partial charge on any atom is 0.248 e. The van der Waals surface area contributed by atoms with Crippen LogP contribution >= 0.6 is 0 Å². The zero-order chi connectivity index (χ0) is 24.7. The molecule has 12 nitrogen and oxygen atoms in total.